The van der Waals surface area contributed by atoms with Crippen molar-refractivity contribution < 1.29 is 31.1 Å². The fourth-order valence-electron chi connectivity index (χ4n) is 3.83. The zero-order valence-electron chi connectivity index (χ0n) is 12.5. The van der Waals surface area contributed by atoms with Gasteiger partial charge in [0.25, 0.3) is 0 Å². The standard InChI is InChI=1S/C16H15F6NO/c17-15(18,19)10-5-11(16(20,21)22)7-12(6-10)23-14(24)13-4-8-1-2-9(13)3-8/h5-9,13H,1-4H2,(H,23,24). The average Bonchev–Trinajstić information content (AvgIpc) is 3.07. The van der Waals surface area contributed by atoms with Gasteiger partial charge in [-0.25, -0.2) is 0 Å². The molecule has 1 N–H and O–H groups in total. The van der Waals surface area contributed by atoms with E-state index in [1.54, 1.807) is 0 Å². The van der Waals surface area contributed by atoms with E-state index in [0.29, 0.717) is 24.5 Å². The molecule has 24 heavy (non-hydrogen) atoms. The Morgan fingerprint density at radius 2 is 1.50 bits per heavy atom. The van der Waals surface area contributed by atoms with E-state index in [2.05, 4.69) is 5.32 Å². The molecule has 132 valence electrons. The van der Waals surface area contributed by atoms with Crippen LogP contribution in [0.2, 0.25) is 0 Å². The molecule has 0 spiro atoms. The summed E-state index contributed by atoms with van der Waals surface area (Å²) >= 11 is 0. The van der Waals surface area contributed by atoms with Crippen LogP contribution in [0.15, 0.2) is 18.2 Å². The van der Waals surface area contributed by atoms with E-state index >= 15 is 0 Å². The molecule has 1 amide bonds. The average molecular weight is 351 g/mol. The summed E-state index contributed by atoms with van der Waals surface area (Å²) in [4.78, 5) is 12.3. The fraction of sp³-hybridized carbons (Fsp3) is 0.562. The Morgan fingerprint density at radius 3 is 1.92 bits per heavy atom. The predicted molar refractivity (Wildman–Crippen MR) is 74.0 cm³/mol. The van der Waals surface area contributed by atoms with Crippen molar-refractivity contribution >= 4 is 11.6 Å². The fourth-order valence-corrected chi connectivity index (χ4v) is 3.83. The van der Waals surface area contributed by atoms with Gasteiger partial charge in [0.2, 0.25) is 5.91 Å². The molecule has 2 nitrogen and oxygen atoms in total. The van der Waals surface area contributed by atoms with Gasteiger partial charge in [0.05, 0.1) is 11.1 Å². The van der Waals surface area contributed by atoms with Crippen molar-refractivity contribution in [1.29, 1.82) is 0 Å². The molecule has 0 radical (unpaired) electrons. The quantitative estimate of drug-likeness (QED) is 0.738. The van der Waals surface area contributed by atoms with E-state index in [-0.39, 0.29) is 17.9 Å². The second kappa shape index (κ2) is 5.67. The zero-order valence-corrected chi connectivity index (χ0v) is 12.5. The molecule has 2 bridgehead atoms. The molecule has 0 heterocycles. The molecular weight excluding hydrogens is 336 g/mol. The minimum atomic E-state index is -4.92. The number of fused-ring (bicyclic) bond motifs is 2. The first-order valence-electron chi connectivity index (χ1n) is 7.64. The molecule has 2 aliphatic carbocycles. The van der Waals surface area contributed by atoms with Crippen LogP contribution in [0.5, 0.6) is 0 Å². The molecule has 0 saturated heterocycles. The molecule has 2 fully saturated rings. The molecule has 3 rings (SSSR count). The van der Waals surface area contributed by atoms with Crippen LogP contribution in [0.4, 0.5) is 32.0 Å². The van der Waals surface area contributed by atoms with E-state index in [9.17, 15) is 31.1 Å². The Balaban J connectivity index is 1.85. The minimum absolute atomic E-state index is 0.0488. The van der Waals surface area contributed by atoms with E-state index in [0.717, 1.165) is 19.3 Å². The van der Waals surface area contributed by atoms with Crippen molar-refractivity contribution in [2.75, 3.05) is 5.32 Å². The van der Waals surface area contributed by atoms with Crippen LogP contribution in [0, 0.1) is 17.8 Å². The first-order chi connectivity index (χ1) is 11.0. The van der Waals surface area contributed by atoms with Crippen molar-refractivity contribution in [2.24, 2.45) is 17.8 Å². The number of amides is 1. The van der Waals surface area contributed by atoms with Gasteiger partial charge in [-0.05, 0) is 49.3 Å². The van der Waals surface area contributed by atoms with Gasteiger partial charge in [-0.3, -0.25) is 4.79 Å². The monoisotopic (exact) mass is 351 g/mol. The molecule has 0 aliphatic heterocycles. The van der Waals surface area contributed by atoms with Gasteiger partial charge in [0.1, 0.15) is 0 Å². The number of nitrogens with one attached hydrogen (secondary N) is 1. The number of carbonyl (C=O) groups is 1. The van der Waals surface area contributed by atoms with Gasteiger partial charge in [-0.2, -0.15) is 26.3 Å². The van der Waals surface area contributed by atoms with Crippen molar-refractivity contribution in [3.8, 4) is 0 Å². The Bertz CT molecular complexity index is 619. The highest BCUT2D eigenvalue weighted by molar-refractivity contribution is 5.93. The Morgan fingerprint density at radius 1 is 0.917 bits per heavy atom. The normalized spacial score (nSPS) is 26.7. The summed E-state index contributed by atoms with van der Waals surface area (Å²) < 4.78 is 76.9. The predicted octanol–water partition coefficient (Wildman–Crippen LogP) is 5.10. The number of benzene rings is 1. The number of anilines is 1. The largest absolute Gasteiger partial charge is 0.416 e. The minimum Gasteiger partial charge on any atom is -0.326 e. The lowest BCUT2D eigenvalue weighted by Gasteiger charge is -2.21. The summed E-state index contributed by atoms with van der Waals surface area (Å²) in [7, 11) is 0. The number of alkyl halides is 6. The maximum absolute atomic E-state index is 12.8. The van der Waals surface area contributed by atoms with Gasteiger partial charge in [0, 0.05) is 11.6 Å². The molecule has 3 atom stereocenters. The highest BCUT2D eigenvalue weighted by atomic mass is 19.4. The summed E-state index contributed by atoms with van der Waals surface area (Å²) in [6, 6.07) is 1.13. The summed E-state index contributed by atoms with van der Waals surface area (Å²) in [5, 5.41) is 2.25. The van der Waals surface area contributed by atoms with Crippen LogP contribution < -0.4 is 5.32 Å². The molecule has 8 heteroatoms. The highest BCUT2D eigenvalue weighted by Gasteiger charge is 2.43. The number of hydrogen-bond donors (Lipinski definition) is 1. The van der Waals surface area contributed by atoms with Crippen LogP contribution in [-0.4, -0.2) is 5.91 Å². The Labute approximate surface area is 134 Å². The first kappa shape index (κ1) is 17.1. The van der Waals surface area contributed by atoms with Crippen molar-refractivity contribution in [1.82, 2.24) is 0 Å². The molecular formula is C16H15F6NO. The van der Waals surface area contributed by atoms with Crippen LogP contribution in [0.3, 0.4) is 0 Å². The lowest BCUT2D eigenvalue weighted by molar-refractivity contribution is -0.143. The summed E-state index contributed by atoms with van der Waals surface area (Å²) in [6.07, 6.45) is -6.36. The van der Waals surface area contributed by atoms with E-state index in [1.807, 2.05) is 0 Å². The van der Waals surface area contributed by atoms with E-state index < -0.39 is 35.1 Å². The number of hydrogen-bond acceptors (Lipinski definition) is 1. The summed E-state index contributed by atoms with van der Waals surface area (Å²) in [5.74, 6) is -0.192. The van der Waals surface area contributed by atoms with Crippen LogP contribution in [-0.2, 0) is 17.1 Å². The molecule has 1 aromatic rings. The van der Waals surface area contributed by atoms with Gasteiger partial charge in [-0.1, -0.05) is 6.42 Å². The second-order valence-corrected chi connectivity index (χ2v) is 6.57. The van der Waals surface area contributed by atoms with Gasteiger partial charge in [-0.15, -0.1) is 0 Å². The molecule has 2 saturated carbocycles. The SMILES string of the molecule is O=C(Nc1cc(C(F)(F)F)cc(C(F)(F)F)c1)C1CC2CCC1C2. The van der Waals surface area contributed by atoms with Crippen LogP contribution in [0.1, 0.15) is 36.8 Å². The van der Waals surface area contributed by atoms with E-state index in [4.69, 9.17) is 0 Å². The second-order valence-electron chi connectivity index (χ2n) is 6.57. The molecule has 0 aromatic heterocycles. The summed E-state index contributed by atoms with van der Waals surface area (Å²) in [5.41, 5.74) is -3.33. The van der Waals surface area contributed by atoms with Crippen molar-refractivity contribution in [3.63, 3.8) is 0 Å². The summed E-state index contributed by atoms with van der Waals surface area (Å²) in [6.45, 7) is 0. The molecule has 2 aliphatic rings. The maximum Gasteiger partial charge on any atom is 0.416 e. The lowest BCUT2D eigenvalue weighted by atomic mass is 9.88. The first-order valence-corrected chi connectivity index (χ1v) is 7.64. The number of halogens is 6. The smallest absolute Gasteiger partial charge is 0.326 e. The zero-order chi connectivity index (χ0) is 17.7. The topological polar surface area (TPSA) is 29.1 Å². The van der Waals surface area contributed by atoms with Crippen LogP contribution >= 0.6 is 0 Å². The molecule has 1 aromatic carbocycles. The third-order valence-electron chi connectivity index (χ3n) is 4.93. The van der Waals surface area contributed by atoms with Gasteiger partial charge in [0.15, 0.2) is 0 Å². The number of rotatable bonds is 2. The van der Waals surface area contributed by atoms with Crippen LogP contribution in [0.25, 0.3) is 0 Å². The lowest BCUT2D eigenvalue weighted by Crippen LogP contribution is -2.27. The Hall–Kier alpha value is -1.73. The maximum atomic E-state index is 12.8. The molecule has 3 unspecified atom stereocenters. The van der Waals surface area contributed by atoms with Gasteiger partial charge >= 0.3 is 12.4 Å². The van der Waals surface area contributed by atoms with E-state index in [1.165, 1.54) is 0 Å². The number of carbonyl (C=O) groups excluding carboxylic acids is 1. The van der Waals surface area contributed by atoms with Crippen molar-refractivity contribution in [2.45, 2.75) is 38.0 Å². The van der Waals surface area contributed by atoms with Gasteiger partial charge < -0.3 is 5.32 Å². The van der Waals surface area contributed by atoms with Crippen molar-refractivity contribution in [3.05, 3.63) is 29.3 Å². The third-order valence-corrected chi connectivity index (χ3v) is 4.93. The third kappa shape index (κ3) is 3.37. The highest BCUT2D eigenvalue weighted by Crippen LogP contribution is 2.48. The Kier molecular flexibility index (Phi) is 4.04.